The summed E-state index contributed by atoms with van der Waals surface area (Å²) in [6, 6.07) is 0. The number of amides is 1. The van der Waals surface area contributed by atoms with Gasteiger partial charge < -0.3 is 24.9 Å². The van der Waals surface area contributed by atoms with Gasteiger partial charge in [0.15, 0.2) is 5.60 Å². The zero-order valence-corrected chi connectivity index (χ0v) is 13.4. The fourth-order valence-corrected chi connectivity index (χ4v) is 5.00. The lowest BCUT2D eigenvalue weighted by Gasteiger charge is -2.50. The van der Waals surface area contributed by atoms with Crippen molar-refractivity contribution in [2.75, 3.05) is 12.9 Å². The first kappa shape index (κ1) is 17.1. The van der Waals surface area contributed by atoms with Crippen LogP contribution in [-0.2, 0) is 19.1 Å². The number of carboxylic acids is 1. The summed E-state index contributed by atoms with van der Waals surface area (Å²) >= 11 is 2.02. The Balaban J connectivity index is 2.15. The van der Waals surface area contributed by atoms with E-state index >= 15 is 0 Å². The first-order valence-electron chi connectivity index (χ1n) is 6.31. The number of methoxy groups -OCH3 is 1. The van der Waals surface area contributed by atoms with Gasteiger partial charge in [-0.2, -0.15) is 0 Å². The lowest BCUT2D eigenvalue weighted by atomic mass is 9.86. The van der Waals surface area contributed by atoms with Crippen LogP contribution in [0.3, 0.4) is 0 Å². The summed E-state index contributed by atoms with van der Waals surface area (Å²) in [6.07, 6.45) is -1.26. The van der Waals surface area contributed by atoms with Crippen molar-refractivity contribution in [3.8, 4) is 0 Å². The van der Waals surface area contributed by atoms with Crippen molar-refractivity contribution in [3.05, 3.63) is 9.93 Å². The molecule has 0 aromatic heterocycles. The van der Waals surface area contributed by atoms with Gasteiger partial charge in [-0.15, -0.1) is 11.8 Å². The molecule has 2 rings (SSSR count). The topological polar surface area (TPSA) is 127 Å². The van der Waals surface area contributed by atoms with Gasteiger partial charge in [-0.3, -0.25) is 14.5 Å². The van der Waals surface area contributed by atoms with Crippen molar-refractivity contribution in [1.29, 1.82) is 0 Å². The van der Waals surface area contributed by atoms with Gasteiger partial charge in [0.2, 0.25) is 0 Å². The van der Waals surface area contributed by atoms with Crippen LogP contribution in [0.4, 0.5) is 0 Å². The Labute approximate surface area is 134 Å². The maximum absolute atomic E-state index is 12.0. The number of esters is 1. The number of aliphatic hydroxyl groups excluding tert-OH is 1. The van der Waals surface area contributed by atoms with Crippen LogP contribution < -0.4 is 5.11 Å². The number of aliphatic carboxylic acids is 1. The Kier molecular flexibility index (Phi) is 4.76. The van der Waals surface area contributed by atoms with E-state index in [4.69, 9.17) is 0 Å². The third-order valence-corrected chi connectivity index (χ3v) is 6.13. The molecule has 0 aromatic carbocycles. The number of aliphatic hydroxyl groups is 2. The van der Waals surface area contributed by atoms with Crippen LogP contribution in [0, 0.1) is 0 Å². The van der Waals surface area contributed by atoms with Crippen molar-refractivity contribution < 1.29 is 34.4 Å². The molecule has 1 saturated heterocycles. The van der Waals surface area contributed by atoms with Crippen LogP contribution in [0.5, 0.6) is 0 Å². The standard InChI is InChI=1S/C12H15NO7S2/c1-5(14)12(19)10(18)13-7(8(16)17)9(22-11(12)13)21-4-3-6(15)20-2/h5,11,14,19H,3-4H2,1-2H3,(H,16,17)/p-1/t5-,11-,12-/m1/s1. The van der Waals surface area contributed by atoms with Crippen molar-refractivity contribution in [1.82, 2.24) is 4.90 Å². The van der Waals surface area contributed by atoms with E-state index in [1.54, 1.807) is 0 Å². The van der Waals surface area contributed by atoms with Crippen LogP contribution in [-0.4, -0.2) is 62.9 Å². The molecule has 0 unspecified atom stereocenters. The Morgan fingerprint density at radius 1 is 1.59 bits per heavy atom. The van der Waals surface area contributed by atoms with Gasteiger partial charge in [-0.05, 0) is 6.92 Å². The van der Waals surface area contributed by atoms with E-state index in [0.29, 0.717) is 0 Å². The molecule has 0 bridgehead atoms. The van der Waals surface area contributed by atoms with Crippen LogP contribution in [0.1, 0.15) is 13.3 Å². The molecule has 1 fully saturated rings. The number of hydrogen-bond acceptors (Lipinski definition) is 9. The molecule has 2 heterocycles. The first-order valence-corrected chi connectivity index (χ1v) is 8.17. The van der Waals surface area contributed by atoms with Gasteiger partial charge in [-0.1, -0.05) is 11.8 Å². The number of nitrogens with zero attached hydrogens (tertiary/aromatic N) is 1. The molecular weight excluding hydrogens is 334 g/mol. The SMILES string of the molecule is COC(=O)CCSC1=C(C(=O)[O-])N2C(=O)[C@](O)([C@@H](C)O)[C@H]2S1. The minimum absolute atomic E-state index is 0.0742. The molecule has 3 atom stereocenters. The van der Waals surface area contributed by atoms with Crippen LogP contribution >= 0.6 is 23.5 Å². The number of thioether (sulfide) groups is 2. The predicted octanol–water partition coefficient (Wildman–Crippen LogP) is -1.77. The van der Waals surface area contributed by atoms with Crippen molar-refractivity contribution >= 4 is 41.4 Å². The lowest BCUT2D eigenvalue weighted by molar-refractivity contribution is -0.302. The van der Waals surface area contributed by atoms with E-state index in [2.05, 4.69) is 4.74 Å². The fraction of sp³-hybridized carbons (Fsp3) is 0.583. The molecule has 2 aliphatic heterocycles. The highest BCUT2D eigenvalue weighted by Gasteiger charge is 2.67. The molecule has 0 aromatic rings. The van der Waals surface area contributed by atoms with Crippen molar-refractivity contribution in [3.63, 3.8) is 0 Å². The highest BCUT2D eigenvalue weighted by Crippen LogP contribution is 2.55. The van der Waals surface area contributed by atoms with Gasteiger partial charge in [0.05, 0.1) is 35.5 Å². The summed E-state index contributed by atoms with van der Waals surface area (Å²) in [4.78, 5) is 35.2. The molecule has 22 heavy (non-hydrogen) atoms. The number of hydrogen-bond donors (Lipinski definition) is 2. The molecule has 0 radical (unpaired) electrons. The number of carbonyl (C=O) groups excluding carboxylic acids is 3. The maximum atomic E-state index is 12.0. The molecule has 2 N–H and O–H groups in total. The monoisotopic (exact) mass is 348 g/mol. The van der Waals surface area contributed by atoms with Gasteiger partial charge in [0.1, 0.15) is 5.37 Å². The average Bonchev–Trinajstić information content (AvgIpc) is 2.82. The number of rotatable bonds is 6. The molecule has 8 nitrogen and oxygen atoms in total. The second-order valence-electron chi connectivity index (χ2n) is 4.74. The van der Waals surface area contributed by atoms with E-state index in [0.717, 1.165) is 28.4 Å². The summed E-state index contributed by atoms with van der Waals surface area (Å²) in [6.45, 7) is 1.26. The van der Waals surface area contributed by atoms with Crippen LogP contribution in [0.15, 0.2) is 9.93 Å². The zero-order valence-electron chi connectivity index (χ0n) is 11.8. The van der Waals surface area contributed by atoms with Crippen LogP contribution in [0.25, 0.3) is 0 Å². The molecule has 122 valence electrons. The smallest absolute Gasteiger partial charge is 0.306 e. The summed E-state index contributed by atoms with van der Waals surface area (Å²) in [7, 11) is 1.25. The quantitative estimate of drug-likeness (QED) is 0.423. The van der Waals surface area contributed by atoms with Gasteiger partial charge in [-0.25, -0.2) is 0 Å². The van der Waals surface area contributed by atoms with E-state index < -0.39 is 34.9 Å². The average molecular weight is 348 g/mol. The fourth-order valence-electron chi connectivity index (χ4n) is 2.15. The van der Waals surface area contributed by atoms with Crippen molar-refractivity contribution in [2.45, 2.75) is 30.4 Å². The first-order chi connectivity index (χ1) is 10.2. The van der Waals surface area contributed by atoms with Crippen molar-refractivity contribution in [2.24, 2.45) is 0 Å². The van der Waals surface area contributed by atoms with Gasteiger partial charge in [0, 0.05) is 5.75 Å². The molecule has 0 spiro atoms. The second-order valence-corrected chi connectivity index (χ2v) is 7.20. The van der Waals surface area contributed by atoms with Gasteiger partial charge in [0.25, 0.3) is 5.91 Å². The Hall–Kier alpha value is -1.23. The van der Waals surface area contributed by atoms with E-state index in [1.165, 1.54) is 14.0 Å². The Morgan fingerprint density at radius 3 is 2.73 bits per heavy atom. The van der Waals surface area contributed by atoms with E-state index in [9.17, 15) is 29.7 Å². The maximum Gasteiger partial charge on any atom is 0.306 e. The number of fused-ring (bicyclic) bond motifs is 1. The normalized spacial score (nSPS) is 28.3. The van der Waals surface area contributed by atoms with Gasteiger partial charge >= 0.3 is 5.97 Å². The summed E-state index contributed by atoms with van der Waals surface area (Å²) in [5.74, 6) is -2.60. The molecule has 2 aliphatic rings. The third-order valence-electron chi connectivity index (χ3n) is 3.42. The van der Waals surface area contributed by atoms with E-state index in [1.807, 2.05) is 0 Å². The minimum Gasteiger partial charge on any atom is -0.543 e. The second kappa shape index (κ2) is 6.11. The minimum atomic E-state index is -2.02. The summed E-state index contributed by atoms with van der Waals surface area (Å²) in [5.41, 5.74) is -2.35. The van der Waals surface area contributed by atoms with E-state index in [-0.39, 0.29) is 22.1 Å². The molecule has 10 heteroatoms. The number of ether oxygens (including phenoxy) is 1. The summed E-state index contributed by atoms with van der Waals surface area (Å²) < 4.78 is 4.75. The predicted molar refractivity (Wildman–Crippen MR) is 76.0 cm³/mol. The highest BCUT2D eigenvalue weighted by atomic mass is 32.2. The molecule has 1 amide bonds. The Morgan fingerprint density at radius 2 is 2.23 bits per heavy atom. The largest absolute Gasteiger partial charge is 0.543 e. The lowest BCUT2D eigenvalue weighted by Crippen LogP contribution is -2.75. The number of β-lactam (4-membered cyclic amide) rings is 1. The zero-order chi connectivity index (χ0) is 16.7. The number of carbonyl (C=O) groups is 3. The summed E-state index contributed by atoms with van der Waals surface area (Å²) in [5, 5.41) is 30.1. The van der Waals surface area contributed by atoms with Crippen LogP contribution in [0.2, 0.25) is 0 Å². The molecule has 0 aliphatic carbocycles. The Bertz CT molecular complexity index is 562. The highest BCUT2D eigenvalue weighted by molar-refractivity contribution is 8.22. The molecule has 0 saturated carbocycles. The molecular formula is C12H14NO7S2-. The third kappa shape index (κ3) is 2.49. The number of carboxylic acid groups (broad SMARTS) is 1.